The molecule has 200 valence electrons. The molecule has 2 aromatic heterocycles. The van der Waals surface area contributed by atoms with Crippen molar-refractivity contribution in [2.75, 3.05) is 45.3 Å². The van der Waals surface area contributed by atoms with Crippen LogP contribution in [0.3, 0.4) is 0 Å². The Balaban J connectivity index is 1.54. The van der Waals surface area contributed by atoms with Crippen LogP contribution in [0, 0.1) is 0 Å². The number of ether oxygens (including phenoxy) is 1. The van der Waals surface area contributed by atoms with E-state index in [9.17, 15) is 14.4 Å². The lowest BCUT2D eigenvalue weighted by atomic mass is 10.0. The second-order valence-corrected chi connectivity index (χ2v) is 9.81. The van der Waals surface area contributed by atoms with Crippen LogP contribution in [0.5, 0.6) is 0 Å². The van der Waals surface area contributed by atoms with Crippen molar-refractivity contribution in [3.8, 4) is 5.69 Å². The number of benzene rings is 2. The van der Waals surface area contributed by atoms with E-state index in [2.05, 4.69) is 15.2 Å². The van der Waals surface area contributed by atoms with Gasteiger partial charge in [-0.05, 0) is 42.5 Å². The number of halogens is 1. The number of fused-ring (bicyclic) bond motifs is 1. The smallest absolute Gasteiger partial charge is 0.270 e. The fraction of sp³-hybridized carbons (Fsp3) is 0.241. The normalized spacial score (nSPS) is 13.4. The number of nitrogens with zero attached hydrogens (tertiary/aromatic N) is 4. The lowest BCUT2D eigenvalue weighted by Gasteiger charge is -2.27. The second-order valence-electron chi connectivity index (χ2n) is 9.38. The number of morpholine rings is 1. The number of aromatic nitrogens is 2. The molecule has 0 saturated carbocycles. The van der Waals surface area contributed by atoms with Gasteiger partial charge in [0.15, 0.2) is 5.43 Å². The molecule has 1 fully saturated rings. The van der Waals surface area contributed by atoms with Crippen LogP contribution in [-0.2, 0) is 11.3 Å². The average Bonchev–Trinajstić information content (AvgIpc) is 2.96. The van der Waals surface area contributed by atoms with E-state index in [0.29, 0.717) is 40.4 Å². The van der Waals surface area contributed by atoms with Gasteiger partial charge in [0.2, 0.25) is 0 Å². The summed E-state index contributed by atoms with van der Waals surface area (Å²) in [7, 11) is 3.24. The molecule has 1 saturated heterocycles. The Morgan fingerprint density at radius 3 is 2.46 bits per heavy atom. The van der Waals surface area contributed by atoms with Crippen LogP contribution in [0.1, 0.15) is 26.4 Å². The molecule has 1 aliphatic rings. The molecule has 4 aromatic rings. The molecule has 9 nitrogen and oxygen atoms in total. The monoisotopic (exact) mass is 545 g/mol. The molecule has 0 unspecified atom stereocenters. The van der Waals surface area contributed by atoms with Crippen molar-refractivity contribution in [3.05, 3.63) is 98.9 Å². The van der Waals surface area contributed by atoms with Gasteiger partial charge >= 0.3 is 0 Å². The number of nitrogens with one attached hydrogen (secondary N) is 1. The first-order valence-electron chi connectivity index (χ1n) is 12.6. The van der Waals surface area contributed by atoms with Crippen molar-refractivity contribution in [2.24, 2.45) is 0 Å². The molecule has 2 aromatic carbocycles. The number of rotatable bonds is 6. The van der Waals surface area contributed by atoms with Crippen LogP contribution >= 0.6 is 11.6 Å². The Kier molecular flexibility index (Phi) is 7.63. The number of hydrogen-bond acceptors (Lipinski definition) is 6. The molecule has 1 aliphatic heterocycles. The highest BCUT2D eigenvalue weighted by molar-refractivity contribution is 6.31. The molecule has 0 bridgehead atoms. The Morgan fingerprint density at radius 1 is 1.05 bits per heavy atom. The Hall–Kier alpha value is -4.21. The summed E-state index contributed by atoms with van der Waals surface area (Å²) in [4.78, 5) is 48.3. The standard InChI is InChI=1S/C29H28ClN5O4/c1-33(2)29(38)26-23(18-32-28(37)19-8-11-25(31-17-19)34-12-14-39-15-13-34)27(36)22-10-9-20(30)16-24(22)35(26)21-6-4-3-5-7-21/h3-11,16-17H,12-15,18H2,1-2H3,(H,32,37). The van der Waals surface area contributed by atoms with Gasteiger partial charge in [0, 0.05) is 61.6 Å². The van der Waals surface area contributed by atoms with E-state index in [1.54, 1.807) is 49.0 Å². The third-order valence-corrected chi connectivity index (χ3v) is 6.86. The zero-order valence-corrected chi connectivity index (χ0v) is 22.4. The number of carbonyl (C=O) groups excluding carboxylic acids is 2. The van der Waals surface area contributed by atoms with Crippen LogP contribution in [0.25, 0.3) is 16.6 Å². The number of hydrogen-bond donors (Lipinski definition) is 1. The molecule has 0 radical (unpaired) electrons. The lowest BCUT2D eigenvalue weighted by Crippen LogP contribution is -2.36. The van der Waals surface area contributed by atoms with Crippen molar-refractivity contribution in [1.29, 1.82) is 0 Å². The molecule has 0 spiro atoms. The molecule has 0 aliphatic carbocycles. The summed E-state index contributed by atoms with van der Waals surface area (Å²) < 4.78 is 7.11. The quantitative estimate of drug-likeness (QED) is 0.398. The molecule has 5 rings (SSSR count). The van der Waals surface area contributed by atoms with Gasteiger partial charge in [-0.2, -0.15) is 0 Å². The first kappa shape index (κ1) is 26.4. The van der Waals surface area contributed by atoms with Gasteiger partial charge < -0.3 is 24.4 Å². The molecule has 0 atom stereocenters. The third-order valence-electron chi connectivity index (χ3n) is 6.62. The highest BCUT2D eigenvalue weighted by atomic mass is 35.5. The van der Waals surface area contributed by atoms with Gasteiger partial charge in [0.1, 0.15) is 11.5 Å². The van der Waals surface area contributed by atoms with Crippen LogP contribution < -0.4 is 15.6 Å². The molecular formula is C29H28ClN5O4. The predicted molar refractivity (Wildman–Crippen MR) is 151 cm³/mol. The van der Waals surface area contributed by atoms with Crippen LogP contribution in [0.15, 0.2) is 71.7 Å². The summed E-state index contributed by atoms with van der Waals surface area (Å²) in [6.07, 6.45) is 1.51. The van der Waals surface area contributed by atoms with E-state index in [0.717, 1.165) is 18.9 Å². The minimum Gasteiger partial charge on any atom is -0.378 e. The van der Waals surface area contributed by atoms with Crippen molar-refractivity contribution in [1.82, 2.24) is 19.8 Å². The maximum atomic E-state index is 13.7. The fourth-order valence-corrected chi connectivity index (χ4v) is 4.79. The number of carbonyl (C=O) groups is 2. The van der Waals surface area contributed by atoms with Crippen LogP contribution in [0.4, 0.5) is 5.82 Å². The highest BCUT2D eigenvalue weighted by Gasteiger charge is 2.25. The summed E-state index contributed by atoms with van der Waals surface area (Å²) in [6.45, 7) is 2.60. The minimum absolute atomic E-state index is 0.150. The van der Waals surface area contributed by atoms with E-state index in [1.165, 1.54) is 11.1 Å². The zero-order chi connectivity index (χ0) is 27.5. The van der Waals surface area contributed by atoms with Crippen molar-refractivity contribution in [2.45, 2.75) is 6.54 Å². The van der Waals surface area contributed by atoms with E-state index in [-0.39, 0.29) is 29.1 Å². The van der Waals surface area contributed by atoms with Crippen molar-refractivity contribution < 1.29 is 14.3 Å². The predicted octanol–water partition coefficient (Wildman–Crippen LogP) is 3.51. The molecule has 2 amide bonds. The lowest BCUT2D eigenvalue weighted by molar-refractivity contribution is 0.0816. The van der Waals surface area contributed by atoms with Crippen LogP contribution in [0.2, 0.25) is 5.02 Å². The average molecular weight is 546 g/mol. The Bertz CT molecular complexity index is 1580. The van der Waals surface area contributed by atoms with Gasteiger partial charge in [-0.3, -0.25) is 14.4 Å². The number of para-hydroxylation sites is 1. The first-order chi connectivity index (χ1) is 18.8. The summed E-state index contributed by atoms with van der Waals surface area (Å²) in [5.74, 6) is -0.00703. The maximum absolute atomic E-state index is 13.7. The number of anilines is 1. The summed E-state index contributed by atoms with van der Waals surface area (Å²) in [5, 5.41) is 3.64. The van der Waals surface area contributed by atoms with E-state index < -0.39 is 5.91 Å². The topological polar surface area (TPSA) is 96.8 Å². The molecule has 39 heavy (non-hydrogen) atoms. The second kappa shape index (κ2) is 11.3. The summed E-state index contributed by atoms with van der Waals surface area (Å²) in [5.41, 5.74) is 1.53. The summed E-state index contributed by atoms with van der Waals surface area (Å²) >= 11 is 6.31. The molecule has 10 heteroatoms. The van der Waals surface area contributed by atoms with Gasteiger partial charge in [-0.15, -0.1) is 0 Å². The number of pyridine rings is 2. The van der Waals surface area contributed by atoms with Crippen LogP contribution in [-0.4, -0.2) is 66.7 Å². The maximum Gasteiger partial charge on any atom is 0.270 e. The third kappa shape index (κ3) is 5.36. The van der Waals surface area contributed by atoms with Gasteiger partial charge in [-0.25, -0.2) is 4.98 Å². The first-order valence-corrected chi connectivity index (χ1v) is 12.9. The number of amides is 2. The van der Waals surface area contributed by atoms with E-state index >= 15 is 0 Å². The minimum atomic E-state index is -0.402. The van der Waals surface area contributed by atoms with Crippen molar-refractivity contribution >= 4 is 40.1 Å². The van der Waals surface area contributed by atoms with Crippen molar-refractivity contribution in [3.63, 3.8) is 0 Å². The molecule has 3 heterocycles. The largest absolute Gasteiger partial charge is 0.378 e. The van der Waals surface area contributed by atoms with Gasteiger partial charge in [-0.1, -0.05) is 29.8 Å². The summed E-state index contributed by atoms with van der Waals surface area (Å²) in [6, 6.07) is 17.7. The van der Waals surface area contributed by atoms with E-state index in [4.69, 9.17) is 16.3 Å². The Morgan fingerprint density at radius 2 is 1.79 bits per heavy atom. The SMILES string of the molecule is CN(C)C(=O)c1c(CNC(=O)c2ccc(N3CCOCC3)nc2)c(=O)c2ccc(Cl)cc2n1-c1ccccc1. The fourth-order valence-electron chi connectivity index (χ4n) is 4.62. The zero-order valence-electron chi connectivity index (χ0n) is 21.7. The Labute approximate surface area is 230 Å². The van der Waals surface area contributed by atoms with Gasteiger partial charge in [0.25, 0.3) is 11.8 Å². The molecule has 1 N–H and O–H groups in total. The molecular weight excluding hydrogens is 518 g/mol. The highest BCUT2D eigenvalue weighted by Crippen LogP contribution is 2.25. The van der Waals surface area contributed by atoms with Gasteiger partial charge in [0.05, 0.1) is 24.3 Å². The van der Waals surface area contributed by atoms with E-state index in [1.807, 2.05) is 30.3 Å².